The summed E-state index contributed by atoms with van der Waals surface area (Å²) in [6, 6.07) is 12.3. The molecule has 0 bridgehead atoms. The second-order valence-electron chi connectivity index (χ2n) is 6.00. The Hall–Kier alpha value is -2.94. The van der Waals surface area contributed by atoms with E-state index >= 15 is 0 Å². The van der Waals surface area contributed by atoms with E-state index in [1.165, 1.54) is 22.9 Å². The zero-order valence-corrected chi connectivity index (χ0v) is 14.9. The van der Waals surface area contributed by atoms with Gasteiger partial charge in [-0.3, -0.25) is 0 Å². The molecule has 0 saturated carbocycles. The molecule has 9 heteroatoms. The quantitative estimate of drug-likeness (QED) is 0.678. The van der Waals surface area contributed by atoms with Gasteiger partial charge in [-0.25, -0.2) is 21.9 Å². The molecule has 0 spiro atoms. The monoisotopic (exact) mass is 392 g/mol. The van der Waals surface area contributed by atoms with E-state index in [4.69, 9.17) is 9.47 Å². The van der Waals surface area contributed by atoms with Crippen LogP contribution in [0.4, 0.5) is 8.78 Å². The Morgan fingerprint density at radius 3 is 2.41 bits per heavy atom. The van der Waals surface area contributed by atoms with Crippen LogP contribution in [0.3, 0.4) is 0 Å². The van der Waals surface area contributed by atoms with Crippen LogP contribution in [0.5, 0.6) is 11.5 Å². The third kappa shape index (κ3) is 3.25. The number of ether oxygens (including phenoxy) is 2. The standard InChI is InChI=1S/C18H14F2N2O4S/c1-27(23,24)13-5-2-11(3-6-13)15-9-14(18(19)20)21-22(15)12-4-7-16-17(8-12)26-10-25-16/h2-9,18H,10H2,1H3. The first-order chi connectivity index (χ1) is 12.8. The molecule has 2 aromatic carbocycles. The number of fused-ring (bicyclic) bond motifs is 1. The van der Waals surface area contributed by atoms with Gasteiger partial charge in [-0.15, -0.1) is 0 Å². The molecule has 27 heavy (non-hydrogen) atoms. The van der Waals surface area contributed by atoms with Crippen LogP contribution in [0, 0.1) is 0 Å². The number of sulfone groups is 1. The maximum atomic E-state index is 13.2. The number of alkyl halides is 2. The van der Waals surface area contributed by atoms with E-state index in [-0.39, 0.29) is 17.4 Å². The second-order valence-corrected chi connectivity index (χ2v) is 8.02. The van der Waals surface area contributed by atoms with Crippen molar-refractivity contribution in [2.75, 3.05) is 13.0 Å². The molecule has 0 amide bonds. The van der Waals surface area contributed by atoms with E-state index in [0.29, 0.717) is 28.4 Å². The molecule has 140 valence electrons. The molecule has 1 aliphatic heterocycles. The molecular formula is C18H14F2N2O4S. The van der Waals surface area contributed by atoms with Gasteiger partial charge in [0.1, 0.15) is 5.69 Å². The molecule has 0 fully saturated rings. The summed E-state index contributed by atoms with van der Waals surface area (Å²) in [7, 11) is -3.35. The predicted octanol–water partition coefficient (Wildman–Crippen LogP) is 3.61. The lowest BCUT2D eigenvalue weighted by Crippen LogP contribution is -2.01. The van der Waals surface area contributed by atoms with Crippen LogP contribution in [0.15, 0.2) is 53.4 Å². The fourth-order valence-corrected chi connectivity index (χ4v) is 3.43. The van der Waals surface area contributed by atoms with Crippen LogP contribution in [-0.4, -0.2) is 31.2 Å². The van der Waals surface area contributed by atoms with Crippen molar-refractivity contribution >= 4 is 9.84 Å². The van der Waals surface area contributed by atoms with E-state index in [9.17, 15) is 17.2 Å². The lowest BCUT2D eigenvalue weighted by atomic mass is 10.1. The van der Waals surface area contributed by atoms with Crippen LogP contribution in [-0.2, 0) is 9.84 Å². The highest BCUT2D eigenvalue weighted by Gasteiger charge is 2.20. The lowest BCUT2D eigenvalue weighted by molar-refractivity contribution is 0.145. The van der Waals surface area contributed by atoms with E-state index in [1.54, 1.807) is 30.3 Å². The van der Waals surface area contributed by atoms with Crippen molar-refractivity contribution in [2.45, 2.75) is 11.3 Å². The summed E-state index contributed by atoms with van der Waals surface area (Å²) in [5, 5.41) is 4.01. The van der Waals surface area contributed by atoms with Crippen LogP contribution in [0.25, 0.3) is 16.9 Å². The van der Waals surface area contributed by atoms with Gasteiger partial charge < -0.3 is 9.47 Å². The van der Waals surface area contributed by atoms with Gasteiger partial charge in [0, 0.05) is 17.9 Å². The Balaban J connectivity index is 1.83. The molecular weight excluding hydrogens is 378 g/mol. The molecule has 0 saturated heterocycles. The highest BCUT2D eigenvalue weighted by atomic mass is 32.2. The molecule has 6 nitrogen and oxygen atoms in total. The van der Waals surface area contributed by atoms with Crippen LogP contribution < -0.4 is 9.47 Å². The fraction of sp³-hybridized carbons (Fsp3) is 0.167. The van der Waals surface area contributed by atoms with Crippen molar-refractivity contribution in [1.29, 1.82) is 0 Å². The largest absolute Gasteiger partial charge is 0.454 e. The van der Waals surface area contributed by atoms with E-state index < -0.39 is 16.3 Å². The Kier molecular flexibility index (Phi) is 4.11. The Labute approximate surface area is 153 Å². The molecule has 0 atom stereocenters. The molecule has 2 heterocycles. The summed E-state index contributed by atoms with van der Waals surface area (Å²) < 4.78 is 61.7. The maximum Gasteiger partial charge on any atom is 0.282 e. The smallest absolute Gasteiger partial charge is 0.282 e. The number of aromatic nitrogens is 2. The summed E-state index contributed by atoms with van der Waals surface area (Å²) in [4.78, 5) is 0.148. The number of benzene rings is 2. The Morgan fingerprint density at radius 1 is 1.04 bits per heavy atom. The third-order valence-electron chi connectivity index (χ3n) is 4.13. The molecule has 0 radical (unpaired) electrons. The van der Waals surface area contributed by atoms with Crippen molar-refractivity contribution in [3.05, 3.63) is 54.2 Å². The number of rotatable bonds is 4. The van der Waals surface area contributed by atoms with Gasteiger partial charge in [0.2, 0.25) is 6.79 Å². The first-order valence-electron chi connectivity index (χ1n) is 7.91. The van der Waals surface area contributed by atoms with Crippen LogP contribution in [0.2, 0.25) is 0 Å². The summed E-state index contributed by atoms with van der Waals surface area (Å²) in [6.45, 7) is 0.0972. The van der Waals surface area contributed by atoms with Crippen molar-refractivity contribution < 1.29 is 26.7 Å². The molecule has 1 aromatic heterocycles. The highest BCUT2D eigenvalue weighted by molar-refractivity contribution is 7.90. The van der Waals surface area contributed by atoms with E-state index in [2.05, 4.69) is 5.10 Å². The van der Waals surface area contributed by atoms with Gasteiger partial charge in [-0.1, -0.05) is 12.1 Å². The average Bonchev–Trinajstić information content (AvgIpc) is 3.27. The van der Waals surface area contributed by atoms with Gasteiger partial charge in [0.15, 0.2) is 21.3 Å². The van der Waals surface area contributed by atoms with Crippen molar-refractivity contribution in [3.8, 4) is 28.4 Å². The van der Waals surface area contributed by atoms with Gasteiger partial charge in [-0.2, -0.15) is 5.10 Å². The van der Waals surface area contributed by atoms with Crippen molar-refractivity contribution in [3.63, 3.8) is 0 Å². The van der Waals surface area contributed by atoms with E-state index in [0.717, 1.165) is 6.26 Å². The SMILES string of the molecule is CS(=O)(=O)c1ccc(-c2cc(C(F)F)nn2-c2ccc3c(c2)OCO3)cc1. The molecule has 0 unspecified atom stereocenters. The molecule has 1 aliphatic rings. The van der Waals surface area contributed by atoms with Crippen LogP contribution in [0.1, 0.15) is 12.1 Å². The maximum absolute atomic E-state index is 13.2. The zero-order valence-electron chi connectivity index (χ0n) is 14.1. The zero-order chi connectivity index (χ0) is 19.2. The minimum atomic E-state index is -3.35. The number of nitrogens with zero attached hydrogens (tertiary/aromatic N) is 2. The highest BCUT2D eigenvalue weighted by Crippen LogP contribution is 2.35. The fourth-order valence-electron chi connectivity index (χ4n) is 2.80. The molecule has 4 rings (SSSR count). The first-order valence-corrected chi connectivity index (χ1v) is 9.81. The van der Waals surface area contributed by atoms with Gasteiger partial charge in [-0.05, 0) is 30.3 Å². The Morgan fingerprint density at radius 2 is 1.74 bits per heavy atom. The minimum absolute atomic E-state index is 0.0972. The van der Waals surface area contributed by atoms with Crippen molar-refractivity contribution in [1.82, 2.24) is 9.78 Å². The summed E-state index contributed by atoms with van der Waals surface area (Å²) in [5.41, 5.74) is 1.10. The van der Waals surface area contributed by atoms with Gasteiger partial charge in [0.25, 0.3) is 6.43 Å². The molecule has 3 aromatic rings. The van der Waals surface area contributed by atoms with Crippen molar-refractivity contribution in [2.24, 2.45) is 0 Å². The van der Waals surface area contributed by atoms with Crippen LogP contribution >= 0.6 is 0 Å². The number of hydrogen-bond acceptors (Lipinski definition) is 5. The molecule has 0 N–H and O–H groups in total. The number of halogens is 2. The van der Waals surface area contributed by atoms with E-state index in [1.807, 2.05) is 0 Å². The predicted molar refractivity (Wildman–Crippen MR) is 93.2 cm³/mol. The van der Waals surface area contributed by atoms with Gasteiger partial charge in [0.05, 0.1) is 16.3 Å². The average molecular weight is 392 g/mol. The third-order valence-corrected chi connectivity index (χ3v) is 5.26. The second kappa shape index (κ2) is 6.34. The summed E-state index contributed by atoms with van der Waals surface area (Å²) in [5.74, 6) is 1.07. The normalized spacial score (nSPS) is 13.3. The lowest BCUT2D eigenvalue weighted by Gasteiger charge is -2.09. The van der Waals surface area contributed by atoms with Gasteiger partial charge >= 0.3 is 0 Å². The summed E-state index contributed by atoms with van der Waals surface area (Å²) in [6.07, 6.45) is -1.64. The minimum Gasteiger partial charge on any atom is -0.454 e. The first kappa shape index (κ1) is 17.5. The Bertz CT molecular complexity index is 1110. The summed E-state index contributed by atoms with van der Waals surface area (Å²) >= 11 is 0. The topological polar surface area (TPSA) is 70.4 Å². The number of hydrogen-bond donors (Lipinski definition) is 0. The molecule has 0 aliphatic carbocycles.